The average Bonchev–Trinajstić information content (AvgIpc) is 2.90. The van der Waals surface area contributed by atoms with Gasteiger partial charge in [-0.05, 0) is 75.7 Å². The van der Waals surface area contributed by atoms with Gasteiger partial charge in [-0.15, -0.1) is 0 Å². The molecule has 3 aromatic carbocycles. The number of halogens is 2. The molecule has 1 unspecified atom stereocenters. The lowest BCUT2D eigenvalue weighted by atomic mass is 10.1. The Balaban J connectivity index is 2.10. The van der Waals surface area contributed by atoms with Crippen LogP contribution in [0.4, 0.5) is 5.69 Å². The zero-order valence-electron chi connectivity index (χ0n) is 23.0. The molecule has 0 aliphatic rings. The topological polar surface area (TPSA) is 96.0 Å². The van der Waals surface area contributed by atoms with Gasteiger partial charge in [-0.25, -0.2) is 8.42 Å². The molecule has 214 valence electrons. The van der Waals surface area contributed by atoms with E-state index in [2.05, 4.69) is 21.2 Å². The van der Waals surface area contributed by atoms with Gasteiger partial charge in [-0.1, -0.05) is 57.4 Å². The highest BCUT2D eigenvalue weighted by Gasteiger charge is 2.34. The molecule has 0 bridgehead atoms. The molecule has 11 heteroatoms. The Kier molecular flexibility index (Phi) is 10.6. The van der Waals surface area contributed by atoms with Gasteiger partial charge in [0.2, 0.25) is 11.8 Å². The summed E-state index contributed by atoms with van der Waals surface area (Å²) in [7, 11) is -2.85. The zero-order chi connectivity index (χ0) is 29.6. The van der Waals surface area contributed by atoms with E-state index >= 15 is 0 Å². The van der Waals surface area contributed by atoms with Crippen LogP contribution in [-0.2, 0) is 26.2 Å². The number of carbonyl (C=O) groups excluding carboxylic acids is 2. The van der Waals surface area contributed by atoms with E-state index in [9.17, 15) is 18.0 Å². The highest BCUT2D eigenvalue weighted by atomic mass is 79.9. The predicted octanol–water partition coefficient (Wildman–Crippen LogP) is 5.56. The fourth-order valence-corrected chi connectivity index (χ4v) is 5.83. The summed E-state index contributed by atoms with van der Waals surface area (Å²) < 4.78 is 35.3. The van der Waals surface area contributed by atoms with Crippen LogP contribution in [0.3, 0.4) is 0 Å². The Hall–Kier alpha value is -3.08. The van der Waals surface area contributed by atoms with Crippen LogP contribution in [0, 0.1) is 6.92 Å². The van der Waals surface area contributed by atoms with Crippen LogP contribution in [0.5, 0.6) is 5.75 Å². The van der Waals surface area contributed by atoms with E-state index in [1.54, 1.807) is 25.1 Å². The molecule has 0 spiro atoms. The van der Waals surface area contributed by atoms with Crippen molar-refractivity contribution in [2.45, 2.75) is 51.2 Å². The van der Waals surface area contributed by atoms with Crippen molar-refractivity contribution in [3.8, 4) is 5.75 Å². The van der Waals surface area contributed by atoms with E-state index in [4.69, 9.17) is 16.3 Å². The highest BCUT2D eigenvalue weighted by molar-refractivity contribution is 9.10. The first-order valence-electron chi connectivity index (χ1n) is 12.6. The molecule has 0 aliphatic carbocycles. The maximum atomic E-state index is 14.0. The van der Waals surface area contributed by atoms with Crippen LogP contribution in [0.1, 0.15) is 31.9 Å². The summed E-state index contributed by atoms with van der Waals surface area (Å²) in [5.41, 5.74) is 1.76. The summed E-state index contributed by atoms with van der Waals surface area (Å²) in [6.45, 7) is 6.61. The summed E-state index contributed by atoms with van der Waals surface area (Å²) in [4.78, 5) is 28.4. The maximum Gasteiger partial charge on any atom is 0.264 e. The Morgan fingerprint density at radius 1 is 1.00 bits per heavy atom. The molecule has 3 aromatic rings. The van der Waals surface area contributed by atoms with Crippen LogP contribution in [-0.4, -0.2) is 50.9 Å². The van der Waals surface area contributed by atoms with E-state index < -0.39 is 28.5 Å². The molecule has 1 N–H and O–H groups in total. The molecule has 0 saturated heterocycles. The maximum absolute atomic E-state index is 14.0. The SMILES string of the molecule is COc1ccc(Cl)cc1N(CC(=O)N(Cc1ccc(Br)cc1)C(C)C(=O)NC(C)C)S(=O)(=O)c1ccc(C)cc1. The van der Waals surface area contributed by atoms with Crippen molar-refractivity contribution >= 4 is 55.1 Å². The zero-order valence-corrected chi connectivity index (χ0v) is 26.2. The van der Waals surface area contributed by atoms with E-state index in [0.717, 1.165) is 19.9 Å². The van der Waals surface area contributed by atoms with E-state index in [1.807, 2.05) is 45.0 Å². The smallest absolute Gasteiger partial charge is 0.264 e. The van der Waals surface area contributed by atoms with Gasteiger partial charge in [0.15, 0.2) is 0 Å². The number of anilines is 1. The van der Waals surface area contributed by atoms with Crippen LogP contribution < -0.4 is 14.4 Å². The van der Waals surface area contributed by atoms with Gasteiger partial charge in [0.25, 0.3) is 10.0 Å². The van der Waals surface area contributed by atoms with Gasteiger partial charge in [-0.2, -0.15) is 0 Å². The average molecular weight is 651 g/mol. The minimum atomic E-state index is -4.25. The van der Waals surface area contributed by atoms with Gasteiger partial charge >= 0.3 is 0 Å². The predicted molar refractivity (Wildman–Crippen MR) is 161 cm³/mol. The first kappa shape index (κ1) is 31.4. The van der Waals surface area contributed by atoms with Crippen molar-refractivity contribution < 1.29 is 22.7 Å². The Morgan fingerprint density at radius 3 is 2.20 bits per heavy atom. The molecular formula is C29H33BrClN3O5S. The lowest BCUT2D eigenvalue weighted by Gasteiger charge is -2.32. The number of carbonyl (C=O) groups is 2. The molecule has 0 saturated carbocycles. The standard InChI is InChI=1S/C29H33BrClN3O5S/c1-19(2)32-29(36)21(4)33(17-22-8-10-23(30)11-9-22)28(35)18-34(26-16-24(31)12-15-27(26)39-5)40(37,38)25-13-6-20(3)7-14-25/h6-16,19,21H,17-18H2,1-5H3,(H,32,36). The molecule has 0 aromatic heterocycles. The fraction of sp³-hybridized carbons (Fsp3) is 0.310. The van der Waals surface area contributed by atoms with Gasteiger partial charge in [-0.3, -0.25) is 13.9 Å². The lowest BCUT2D eigenvalue weighted by Crippen LogP contribution is -2.52. The Morgan fingerprint density at radius 2 is 1.62 bits per heavy atom. The molecule has 0 radical (unpaired) electrons. The van der Waals surface area contributed by atoms with Crippen molar-refractivity contribution in [2.75, 3.05) is 18.0 Å². The summed E-state index contributed by atoms with van der Waals surface area (Å²) in [5.74, 6) is -0.710. The van der Waals surface area contributed by atoms with Gasteiger partial charge < -0.3 is 15.0 Å². The fourth-order valence-electron chi connectivity index (χ4n) is 3.98. The number of ether oxygens (including phenoxy) is 1. The van der Waals surface area contributed by atoms with E-state index in [0.29, 0.717) is 0 Å². The number of aryl methyl sites for hydroxylation is 1. The second kappa shape index (κ2) is 13.5. The first-order valence-corrected chi connectivity index (χ1v) is 15.2. The number of benzene rings is 3. The van der Waals surface area contributed by atoms with E-state index in [-0.39, 0.29) is 39.8 Å². The molecule has 0 heterocycles. The largest absolute Gasteiger partial charge is 0.495 e. The lowest BCUT2D eigenvalue weighted by molar-refractivity contribution is -0.139. The number of methoxy groups -OCH3 is 1. The normalized spacial score (nSPS) is 12.1. The second-order valence-electron chi connectivity index (χ2n) is 9.63. The molecule has 3 rings (SSSR count). The summed E-state index contributed by atoms with van der Waals surface area (Å²) >= 11 is 9.67. The summed E-state index contributed by atoms with van der Waals surface area (Å²) in [5, 5.41) is 3.10. The van der Waals surface area contributed by atoms with Gasteiger partial charge in [0.1, 0.15) is 18.3 Å². The molecule has 2 amide bonds. The Labute approximate surface area is 249 Å². The Bertz CT molecular complexity index is 1450. The number of nitrogens with zero attached hydrogens (tertiary/aromatic N) is 2. The molecule has 8 nitrogen and oxygen atoms in total. The van der Waals surface area contributed by atoms with Crippen molar-refractivity contribution in [1.82, 2.24) is 10.2 Å². The monoisotopic (exact) mass is 649 g/mol. The highest BCUT2D eigenvalue weighted by Crippen LogP contribution is 2.35. The van der Waals surface area contributed by atoms with Crippen molar-refractivity contribution in [3.63, 3.8) is 0 Å². The van der Waals surface area contributed by atoms with Crippen molar-refractivity contribution in [2.24, 2.45) is 0 Å². The minimum Gasteiger partial charge on any atom is -0.495 e. The molecule has 0 aliphatic heterocycles. The van der Waals surface area contributed by atoms with Crippen molar-refractivity contribution in [3.05, 3.63) is 87.4 Å². The number of sulfonamides is 1. The molecule has 1 atom stereocenters. The third kappa shape index (κ3) is 7.77. The number of nitrogens with one attached hydrogen (secondary N) is 1. The second-order valence-corrected chi connectivity index (χ2v) is 12.8. The third-order valence-electron chi connectivity index (χ3n) is 6.16. The van der Waals surface area contributed by atoms with Gasteiger partial charge in [0.05, 0.1) is 17.7 Å². The van der Waals surface area contributed by atoms with Crippen LogP contribution >= 0.6 is 27.5 Å². The molecular weight excluding hydrogens is 618 g/mol. The van der Waals surface area contributed by atoms with Gasteiger partial charge in [0, 0.05) is 22.1 Å². The number of hydrogen-bond acceptors (Lipinski definition) is 5. The molecule has 0 fully saturated rings. The number of amides is 2. The van der Waals surface area contributed by atoms with E-state index in [1.165, 1.54) is 36.3 Å². The van der Waals surface area contributed by atoms with Crippen molar-refractivity contribution in [1.29, 1.82) is 0 Å². The summed E-state index contributed by atoms with van der Waals surface area (Å²) in [6.07, 6.45) is 0. The van der Waals surface area contributed by atoms with Crippen LogP contribution in [0.25, 0.3) is 0 Å². The number of rotatable bonds is 11. The van der Waals surface area contributed by atoms with Crippen LogP contribution in [0.15, 0.2) is 76.1 Å². The molecule has 40 heavy (non-hydrogen) atoms. The third-order valence-corrected chi connectivity index (χ3v) is 8.70. The number of hydrogen-bond donors (Lipinski definition) is 1. The first-order chi connectivity index (χ1) is 18.8. The summed E-state index contributed by atoms with van der Waals surface area (Å²) in [6, 6.07) is 17.2. The quantitative estimate of drug-likeness (QED) is 0.293. The van der Waals surface area contributed by atoms with Crippen LogP contribution in [0.2, 0.25) is 5.02 Å². The minimum absolute atomic E-state index is 0.00186.